The van der Waals surface area contributed by atoms with Crippen molar-refractivity contribution in [3.05, 3.63) is 59.7 Å². The lowest BCUT2D eigenvalue weighted by atomic mass is 9.98. The van der Waals surface area contributed by atoms with Crippen LogP contribution in [0.1, 0.15) is 36.8 Å². The van der Waals surface area contributed by atoms with Crippen molar-refractivity contribution in [2.24, 2.45) is 0 Å². The zero-order valence-electron chi connectivity index (χ0n) is 16.2. The van der Waals surface area contributed by atoms with Crippen LogP contribution in [0.3, 0.4) is 0 Å². The highest BCUT2D eigenvalue weighted by atomic mass is 16.5. The van der Waals surface area contributed by atoms with E-state index in [1.54, 1.807) is 6.92 Å². The summed E-state index contributed by atoms with van der Waals surface area (Å²) >= 11 is 0. The molecule has 0 aromatic heterocycles. The fourth-order valence-electron chi connectivity index (χ4n) is 3.59. The van der Waals surface area contributed by atoms with Gasteiger partial charge < -0.3 is 20.5 Å². The van der Waals surface area contributed by atoms with Gasteiger partial charge in [0.1, 0.15) is 13.2 Å². The lowest BCUT2D eigenvalue weighted by Gasteiger charge is -2.16. The summed E-state index contributed by atoms with van der Waals surface area (Å²) in [5.74, 6) is -1.49. The van der Waals surface area contributed by atoms with Crippen molar-refractivity contribution < 1.29 is 24.2 Å². The average Bonchev–Trinajstić information content (AvgIpc) is 3.03. The van der Waals surface area contributed by atoms with Gasteiger partial charge in [-0.1, -0.05) is 55.5 Å². The van der Waals surface area contributed by atoms with Gasteiger partial charge in [0.05, 0.1) is 6.42 Å². The molecule has 0 radical (unpaired) electrons. The first-order valence-corrected chi connectivity index (χ1v) is 9.59. The summed E-state index contributed by atoms with van der Waals surface area (Å²) in [6.07, 6.45) is -0.357. The molecule has 0 fully saturated rings. The van der Waals surface area contributed by atoms with Crippen molar-refractivity contribution >= 4 is 18.0 Å². The molecule has 0 saturated carbocycles. The molecule has 1 atom stereocenters. The molecule has 3 rings (SSSR count). The molecule has 7 heteroatoms. The molecule has 7 nitrogen and oxygen atoms in total. The topological polar surface area (TPSA) is 105 Å². The van der Waals surface area contributed by atoms with Gasteiger partial charge in [-0.2, -0.15) is 0 Å². The van der Waals surface area contributed by atoms with Crippen LogP contribution in [0.25, 0.3) is 11.1 Å². The molecule has 0 unspecified atom stereocenters. The summed E-state index contributed by atoms with van der Waals surface area (Å²) in [4.78, 5) is 34.7. The number of carbonyl (C=O) groups excluding carboxylic acids is 2. The molecule has 1 aliphatic carbocycles. The summed E-state index contributed by atoms with van der Waals surface area (Å²) in [5.41, 5.74) is 4.50. The van der Waals surface area contributed by atoms with Crippen LogP contribution in [-0.2, 0) is 14.3 Å². The summed E-state index contributed by atoms with van der Waals surface area (Å²) in [5, 5.41) is 13.8. The number of amides is 2. The van der Waals surface area contributed by atoms with Crippen molar-refractivity contribution in [2.45, 2.75) is 31.7 Å². The van der Waals surface area contributed by atoms with Gasteiger partial charge in [0.25, 0.3) is 0 Å². The molecule has 3 N–H and O–H groups in total. The Hall–Kier alpha value is -3.35. The maximum absolute atomic E-state index is 12.1. The Balaban J connectivity index is 1.52. The highest BCUT2D eigenvalue weighted by Gasteiger charge is 2.29. The Labute approximate surface area is 169 Å². The fraction of sp³-hybridized carbons (Fsp3) is 0.318. The van der Waals surface area contributed by atoms with E-state index in [0.29, 0.717) is 6.42 Å². The molecular formula is C22H24N2O5. The van der Waals surface area contributed by atoms with Gasteiger partial charge in [-0.3, -0.25) is 9.59 Å². The van der Waals surface area contributed by atoms with Crippen molar-refractivity contribution in [1.82, 2.24) is 10.6 Å². The molecular weight excluding hydrogens is 372 g/mol. The van der Waals surface area contributed by atoms with E-state index in [4.69, 9.17) is 9.84 Å². The monoisotopic (exact) mass is 396 g/mol. The molecule has 0 aliphatic heterocycles. The Morgan fingerprint density at radius 1 is 1.03 bits per heavy atom. The van der Waals surface area contributed by atoms with Gasteiger partial charge in [-0.05, 0) is 28.7 Å². The first-order valence-electron chi connectivity index (χ1n) is 9.59. The lowest BCUT2D eigenvalue weighted by molar-refractivity contribution is -0.137. The fourth-order valence-corrected chi connectivity index (χ4v) is 3.59. The van der Waals surface area contributed by atoms with Crippen LogP contribution in [0.15, 0.2) is 48.5 Å². The van der Waals surface area contributed by atoms with Crippen molar-refractivity contribution in [3.8, 4) is 11.1 Å². The predicted molar refractivity (Wildman–Crippen MR) is 108 cm³/mol. The number of carboxylic acid groups (broad SMARTS) is 1. The van der Waals surface area contributed by atoms with Crippen LogP contribution in [0.2, 0.25) is 0 Å². The highest BCUT2D eigenvalue weighted by molar-refractivity contribution is 5.83. The Bertz CT molecular complexity index is 866. The third kappa shape index (κ3) is 4.93. The van der Waals surface area contributed by atoms with Crippen molar-refractivity contribution in [3.63, 3.8) is 0 Å². The van der Waals surface area contributed by atoms with E-state index in [1.165, 1.54) is 0 Å². The standard InChI is InChI=1S/C22H24N2O5/c1-2-14(11-21(26)27)24-20(25)12-23-22(28)29-13-19-17-9-5-3-7-15(17)16-8-4-6-10-18(16)19/h3-10,14,19H,2,11-13H2,1H3,(H,23,28)(H,24,25)(H,26,27)/t14-/m1/s1. The van der Waals surface area contributed by atoms with Crippen LogP contribution < -0.4 is 10.6 Å². The van der Waals surface area contributed by atoms with Crippen LogP contribution in [-0.4, -0.2) is 42.3 Å². The number of hydrogen-bond donors (Lipinski definition) is 3. The molecule has 0 spiro atoms. The number of carbonyl (C=O) groups is 3. The van der Waals surface area contributed by atoms with Gasteiger partial charge in [0.2, 0.25) is 5.91 Å². The molecule has 2 amide bonds. The molecule has 2 aromatic carbocycles. The summed E-state index contributed by atoms with van der Waals surface area (Å²) in [6.45, 7) is 1.68. The van der Waals surface area contributed by atoms with Crippen LogP contribution in [0, 0.1) is 0 Å². The summed E-state index contributed by atoms with van der Waals surface area (Å²) in [6, 6.07) is 15.6. The number of hydrogen-bond acceptors (Lipinski definition) is 4. The van der Waals surface area contributed by atoms with E-state index >= 15 is 0 Å². The molecule has 0 saturated heterocycles. The second-order valence-electron chi connectivity index (χ2n) is 6.95. The summed E-state index contributed by atoms with van der Waals surface area (Å²) < 4.78 is 5.36. The first-order chi connectivity index (χ1) is 14.0. The predicted octanol–water partition coefficient (Wildman–Crippen LogP) is 2.89. The molecule has 1 aliphatic rings. The van der Waals surface area contributed by atoms with Crippen molar-refractivity contribution in [1.29, 1.82) is 0 Å². The molecule has 2 aromatic rings. The number of carboxylic acids is 1. The van der Waals surface area contributed by atoms with Gasteiger partial charge in [-0.15, -0.1) is 0 Å². The van der Waals surface area contributed by atoms with Crippen LogP contribution in [0.5, 0.6) is 0 Å². The van der Waals surface area contributed by atoms with Crippen LogP contribution in [0.4, 0.5) is 4.79 Å². The SMILES string of the molecule is CC[C@H](CC(=O)O)NC(=O)CNC(=O)OCC1c2ccccc2-c2ccccc21. The molecule has 0 bridgehead atoms. The minimum atomic E-state index is -0.985. The molecule has 152 valence electrons. The number of fused-ring (bicyclic) bond motifs is 3. The molecule has 29 heavy (non-hydrogen) atoms. The number of nitrogens with one attached hydrogen (secondary N) is 2. The number of benzene rings is 2. The second-order valence-corrected chi connectivity index (χ2v) is 6.95. The summed E-state index contributed by atoms with van der Waals surface area (Å²) in [7, 11) is 0. The Kier molecular flexibility index (Phi) is 6.49. The maximum atomic E-state index is 12.1. The van der Waals surface area contributed by atoms with Gasteiger partial charge in [-0.25, -0.2) is 4.79 Å². The average molecular weight is 396 g/mol. The van der Waals surface area contributed by atoms with E-state index < -0.39 is 24.0 Å². The van der Waals surface area contributed by atoms with E-state index in [0.717, 1.165) is 22.3 Å². The lowest BCUT2D eigenvalue weighted by Crippen LogP contribution is -2.42. The molecule has 0 heterocycles. The first kappa shape index (κ1) is 20.4. The Morgan fingerprint density at radius 2 is 1.62 bits per heavy atom. The minimum absolute atomic E-state index is 0.0537. The largest absolute Gasteiger partial charge is 0.481 e. The highest BCUT2D eigenvalue weighted by Crippen LogP contribution is 2.44. The second kappa shape index (κ2) is 9.23. The van der Waals surface area contributed by atoms with Crippen molar-refractivity contribution in [2.75, 3.05) is 13.2 Å². The normalized spacial score (nSPS) is 13.1. The minimum Gasteiger partial charge on any atom is -0.481 e. The zero-order valence-corrected chi connectivity index (χ0v) is 16.2. The number of aliphatic carboxylic acids is 1. The van der Waals surface area contributed by atoms with Gasteiger partial charge in [0, 0.05) is 12.0 Å². The smallest absolute Gasteiger partial charge is 0.407 e. The maximum Gasteiger partial charge on any atom is 0.407 e. The Morgan fingerprint density at radius 3 is 2.17 bits per heavy atom. The number of ether oxygens (including phenoxy) is 1. The van der Waals surface area contributed by atoms with Gasteiger partial charge >= 0.3 is 12.1 Å². The number of alkyl carbamates (subject to hydrolysis) is 1. The van der Waals surface area contributed by atoms with E-state index in [2.05, 4.69) is 22.8 Å². The van der Waals surface area contributed by atoms with Crippen LogP contribution >= 0.6 is 0 Å². The van der Waals surface area contributed by atoms with E-state index in [9.17, 15) is 14.4 Å². The van der Waals surface area contributed by atoms with E-state index in [-0.39, 0.29) is 25.5 Å². The van der Waals surface area contributed by atoms with E-state index in [1.807, 2.05) is 36.4 Å². The van der Waals surface area contributed by atoms with Gasteiger partial charge in [0.15, 0.2) is 0 Å². The zero-order chi connectivity index (χ0) is 20.8. The number of rotatable bonds is 8. The quantitative estimate of drug-likeness (QED) is 0.636. The third-order valence-corrected chi connectivity index (χ3v) is 5.02. The third-order valence-electron chi connectivity index (χ3n) is 5.02.